The van der Waals surface area contributed by atoms with Crippen molar-refractivity contribution in [2.45, 2.75) is 33.6 Å². The van der Waals surface area contributed by atoms with Crippen LogP contribution in [0.3, 0.4) is 0 Å². The Kier molecular flexibility index (Phi) is 8.14. The van der Waals surface area contributed by atoms with Crippen molar-refractivity contribution in [3.8, 4) is 0 Å². The summed E-state index contributed by atoms with van der Waals surface area (Å²) < 4.78 is 5.41. The van der Waals surface area contributed by atoms with E-state index >= 15 is 0 Å². The zero-order chi connectivity index (χ0) is 15.5. The molecule has 1 aromatic rings. The van der Waals surface area contributed by atoms with Crippen LogP contribution < -0.4 is 5.32 Å². The molecule has 0 fully saturated rings. The Bertz CT molecular complexity index is 504. The molecule has 0 radical (unpaired) electrons. The Morgan fingerprint density at radius 2 is 2.10 bits per heavy atom. The highest BCUT2D eigenvalue weighted by atomic mass is 16.5. The van der Waals surface area contributed by atoms with E-state index in [-0.39, 0.29) is 12.5 Å². The third-order valence-electron chi connectivity index (χ3n) is 2.88. The molecular weight excluding hydrogens is 262 g/mol. The second-order valence-electron chi connectivity index (χ2n) is 4.67. The maximum Gasteiger partial charge on any atom is 0.250 e. The van der Waals surface area contributed by atoms with Crippen LogP contribution in [0.2, 0.25) is 0 Å². The fourth-order valence-corrected chi connectivity index (χ4v) is 1.96. The molecule has 0 aliphatic heterocycles. The van der Waals surface area contributed by atoms with Gasteiger partial charge in [0.15, 0.2) is 0 Å². The lowest BCUT2D eigenvalue weighted by atomic mass is 10.1. The molecule has 1 N–H and O–H groups in total. The number of carbonyl (C=O) groups excluding carboxylic acids is 1. The van der Waals surface area contributed by atoms with E-state index in [1.165, 1.54) is 0 Å². The predicted octanol–water partition coefficient (Wildman–Crippen LogP) is 4.25. The van der Waals surface area contributed by atoms with E-state index < -0.39 is 0 Å². The number of hydrogen-bond donors (Lipinski definition) is 1. The van der Waals surface area contributed by atoms with Crippen molar-refractivity contribution >= 4 is 11.6 Å². The molecular formula is C18H25NO2. The molecule has 0 atom stereocenters. The van der Waals surface area contributed by atoms with Crippen LogP contribution in [0.25, 0.3) is 0 Å². The van der Waals surface area contributed by atoms with Crippen molar-refractivity contribution in [1.29, 1.82) is 0 Å². The summed E-state index contributed by atoms with van der Waals surface area (Å²) in [6.45, 7) is 6.57. The van der Waals surface area contributed by atoms with Crippen LogP contribution in [0.1, 0.15) is 32.3 Å². The molecule has 0 bridgehead atoms. The molecule has 0 saturated carbocycles. The third kappa shape index (κ3) is 6.91. The molecule has 0 heterocycles. The molecule has 1 aliphatic rings. The summed E-state index contributed by atoms with van der Waals surface area (Å²) in [5.74, 6) is -0.119. The van der Waals surface area contributed by atoms with Gasteiger partial charge in [-0.3, -0.25) is 4.79 Å². The number of ether oxygens (including phenoxy) is 1. The number of benzene rings is 1. The topological polar surface area (TPSA) is 38.3 Å². The highest BCUT2D eigenvalue weighted by Crippen LogP contribution is 2.11. The summed E-state index contributed by atoms with van der Waals surface area (Å²) >= 11 is 0. The largest absolute Gasteiger partial charge is 0.367 e. The number of aryl methyl sites for hydroxylation is 1. The predicted molar refractivity (Wildman–Crippen MR) is 88.4 cm³/mol. The van der Waals surface area contributed by atoms with Crippen LogP contribution in [0, 0.1) is 6.92 Å². The summed E-state index contributed by atoms with van der Waals surface area (Å²) in [7, 11) is 0. The van der Waals surface area contributed by atoms with Crippen LogP contribution in [0.4, 0.5) is 5.69 Å². The lowest BCUT2D eigenvalue weighted by molar-refractivity contribution is -0.120. The molecule has 1 amide bonds. The molecule has 1 aliphatic carbocycles. The summed E-state index contributed by atoms with van der Waals surface area (Å²) in [6.07, 6.45) is 8.49. The van der Waals surface area contributed by atoms with Gasteiger partial charge in [0.2, 0.25) is 5.91 Å². The minimum atomic E-state index is -0.119. The Morgan fingerprint density at radius 1 is 1.29 bits per heavy atom. The molecule has 0 saturated heterocycles. The van der Waals surface area contributed by atoms with Gasteiger partial charge in [-0.2, -0.15) is 0 Å². The molecule has 0 spiro atoms. The Morgan fingerprint density at radius 3 is 2.76 bits per heavy atom. The van der Waals surface area contributed by atoms with E-state index in [9.17, 15) is 4.79 Å². The fraction of sp³-hybridized carbons (Fsp3) is 0.389. The molecule has 0 unspecified atom stereocenters. The number of carbonyl (C=O) groups is 1. The number of nitrogens with one attached hydrogen (secondary N) is 1. The van der Waals surface area contributed by atoms with Crippen molar-refractivity contribution in [1.82, 2.24) is 0 Å². The van der Waals surface area contributed by atoms with E-state index in [2.05, 4.69) is 23.5 Å². The van der Waals surface area contributed by atoms with Gasteiger partial charge in [-0.05, 0) is 43.0 Å². The maximum absolute atomic E-state index is 11.7. The zero-order valence-corrected chi connectivity index (χ0v) is 13.2. The van der Waals surface area contributed by atoms with Gasteiger partial charge in [0.25, 0.3) is 0 Å². The van der Waals surface area contributed by atoms with Crippen molar-refractivity contribution in [2.75, 3.05) is 18.5 Å². The van der Waals surface area contributed by atoms with E-state index in [1.54, 1.807) is 0 Å². The lowest BCUT2D eigenvalue weighted by Crippen LogP contribution is -2.19. The first-order valence-electron chi connectivity index (χ1n) is 7.54. The van der Waals surface area contributed by atoms with Crippen molar-refractivity contribution in [3.05, 3.63) is 53.6 Å². The first-order valence-corrected chi connectivity index (χ1v) is 7.54. The standard InChI is InChI=1S/C16H19NO2.C2H6/c1-13-6-5-9-15(10-13)17-16(18)12-19-11-14-7-3-2-4-8-14;1-2/h3,5-10H,2,4,11-12H2,1H3,(H,17,18);1-2H3. The molecule has 1 aromatic carbocycles. The van der Waals surface area contributed by atoms with E-state index in [4.69, 9.17) is 4.74 Å². The number of anilines is 1. The van der Waals surface area contributed by atoms with Crippen molar-refractivity contribution in [3.63, 3.8) is 0 Å². The second kappa shape index (κ2) is 9.94. The molecule has 3 nitrogen and oxygen atoms in total. The van der Waals surface area contributed by atoms with Crippen LogP contribution >= 0.6 is 0 Å². The average molecular weight is 287 g/mol. The highest BCUT2D eigenvalue weighted by molar-refractivity contribution is 5.91. The minimum Gasteiger partial charge on any atom is -0.367 e. The van der Waals surface area contributed by atoms with Gasteiger partial charge in [-0.15, -0.1) is 0 Å². The Labute approximate surface area is 127 Å². The minimum absolute atomic E-state index is 0.0825. The van der Waals surface area contributed by atoms with E-state index in [1.807, 2.05) is 45.0 Å². The first-order chi connectivity index (χ1) is 10.2. The SMILES string of the molecule is CC.Cc1cccc(NC(=O)COCC2=CCCC=C2)c1. The van der Waals surface area contributed by atoms with Crippen molar-refractivity contribution in [2.24, 2.45) is 0 Å². The monoisotopic (exact) mass is 287 g/mol. The average Bonchev–Trinajstić information content (AvgIpc) is 2.50. The zero-order valence-electron chi connectivity index (χ0n) is 13.2. The van der Waals surface area contributed by atoms with E-state index in [0.29, 0.717) is 6.61 Å². The van der Waals surface area contributed by atoms with Gasteiger partial charge < -0.3 is 10.1 Å². The third-order valence-corrected chi connectivity index (χ3v) is 2.88. The molecule has 2 rings (SSSR count). The molecule has 21 heavy (non-hydrogen) atoms. The van der Waals surface area contributed by atoms with Gasteiger partial charge in [-0.25, -0.2) is 0 Å². The maximum atomic E-state index is 11.7. The number of allylic oxidation sites excluding steroid dienone is 2. The number of amides is 1. The Balaban J connectivity index is 0.00000106. The summed E-state index contributed by atoms with van der Waals surface area (Å²) in [5, 5.41) is 2.82. The normalized spacial score (nSPS) is 13.0. The van der Waals surface area contributed by atoms with Gasteiger partial charge in [-0.1, -0.05) is 44.2 Å². The first kappa shape index (κ1) is 17.2. The smallest absolute Gasteiger partial charge is 0.250 e. The molecule has 0 aromatic heterocycles. The highest BCUT2D eigenvalue weighted by Gasteiger charge is 2.04. The van der Waals surface area contributed by atoms with Crippen LogP contribution in [-0.4, -0.2) is 19.1 Å². The fourth-order valence-electron chi connectivity index (χ4n) is 1.96. The van der Waals surface area contributed by atoms with Gasteiger partial charge >= 0.3 is 0 Å². The summed E-state index contributed by atoms with van der Waals surface area (Å²) in [4.78, 5) is 11.7. The quantitative estimate of drug-likeness (QED) is 0.879. The Hall–Kier alpha value is -1.87. The van der Waals surface area contributed by atoms with Crippen molar-refractivity contribution < 1.29 is 9.53 Å². The van der Waals surface area contributed by atoms with Crippen LogP contribution in [0.15, 0.2) is 48.1 Å². The van der Waals surface area contributed by atoms with E-state index in [0.717, 1.165) is 29.7 Å². The van der Waals surface area contributed by atoms with Gasteiger partial charge in [0, 0.05) is 5.69 Å². The number of hydrogen-bond acceptors (Lipinski definition) is 2. The lowest BCUT2D eigenvalue weighted by Gasteiger charge is -2.09. The van der Waals surface area contributed by atoms with Crippen LogP contribution in [0.5, 0.6) is 0 Å². The summed E-state index contributed by atoms with van der Waals surface area (Å²) in [6, 6.07) is 7.72. The second-order valence-corrected chi connectivity index (χ2v) is 4.67. The molecule has 114 valence electrons. The molecule has 3 heteroatoms. The van der Waals surface area contributed by atoms with Gasteiger partial charge in [0.05, 0.1) is 6.61 Å². The number of rotatable bonds is 5. The van der Waals surface area contributed by atoms with Gasteiger partial charge in [0.1, 0.15) is 6.61 Å². The summed E-state index contributed by atoms with van der Waals surface area (Å²) in [5.41, 5.74) is 3.08. The van der Waals surface area contributed by atoms with Crippen LogP contribution in [-0.2, 0) is 9.53 Å².